The van der Waals surface area contributed by atoms with Crippen molar-refractivity contribution < 1.29 is 4.74 Å². The molecule has 106 valence electrons. The van der Waals surface area contributed by atoms with E-state index in [9.17, 15) is 0 Å². The van der Waals surface area contributed by atoms with Gasteiger partial charge >= 0.3 is 0 Å². The maximum atomic E-state index is 7.42. The van der Waals surface area contributed by atoms with Gasteiger partial charge in [-0.2, -0.15) is 0 Å². The second-order valence-corrected chi connectivity index (χ2v) is 5.09. The Kier molecular flexibility index (Phi) is 7.19. The minimum Gasteiger partial charge on any atom is -0.384 e. The Morgan fingerprint density at radius 1 is 1.32 bits per heavy atom. The van der Waals surface area contributed by atoms with Crippen LogP contribution in [0.3, 0.4) is 0 Å². The molecule has 0 saturated carbocycles. The Morgan fingerprint density at radius 2 is 2.11 bits per heavy atom. The highest BCUT2D eigenvalue weighted by atomic mass is 16.5. The molecule has 0 bridgehead atoms. The number of unbranched alkanes of at least 4 members (excludes halogenated alkanes) is 3. The molecule has 1 unspecified atom stereocenters. The molecule has 1 aromatic carbocycles. The number of hydrogen-bond donors (Lipinski definition) is 2. The fraction of sp³-hybridized carbons (Fsp3) is 0.562. The zero-order chi connectivity index (χ0) is 14.1. The number of rotatable bonds is 9. The summed E-state index contributed by atoms with van der Waals surface area (Å²) < 4.78 is 5.83. The lowest BCUT2D eigenvalue weighted by Crippen LogP contribution is -2.12. The molecule has 0 saturated heterocycles. The number of nitrogens with one attached hydrogen (secondary N) is 1. The standard InChI is InChI=1S/C16H26N2O/c1-3-4-5-6-8-13(2)19-12-14-9-7-10-15(11-14)16(17)18/h7,9-11,13H,3-6,8,12H2,1-2H3,(H3,17,18). The Labute approximate surface area is 116 Å². The van der Waals surface area contributed by atoms with E-state index in [0.29, 0.717) is 6.61 Å². The summed E-state index contributed by atoms with van der Waals surface area (Å²) in [5.41, 5.74) is 7.31. The van der Waals surface area contributed by atoms with Crippen LogP contribution in [-0.4, -0.2) is 11.9 Å². The molecule has 0 spiro atoms. The topological polar surface area (TPSA) is 59.1 Å². The summed E-state index contributed by atoms with van der Waals surface area (Å²) in [6.45, 7) is 4.94. The average molecular weight is 262 g/mol. The van der Waals surface area contributed by atoms with Crippen molar-refractivity contribution in [2.75, 3.05) is 0 Å². The van der Waals surface area contributed by atoms with Gasteiger partial charge in [-0.1, -0.05) is 50.8 Å². The third kappa shape index (κ3) is 6.39. The summed E-state index contributed by atoms with van der Waals surface area (Å²) in [5, 5.41) is 7.42. The SMILES string of the molecule is CCCCCCC(C)OCc1cccc(C(=N)N)c1. The van der Waals surface area contributed by atoms with Crippen LogP contribution in [0.25, 0.3) is 0 Å². The van der Waals surface area contributed by atoms with E-state index in [4.69, 9.17) is 15.9 Å². The normalized spacial score (nSPS) is 12.3. The number of amidine groups is 1. The summed E-state index contributed by atoms with van der Waals surface area (Å²) in [6, 6.07) is 7.70. The highest BCUT2D eigenvalue weighted by Gasteiger charge is 2.04. The summed E-state index contributed by atoms with van der Waals surface area (Å²) in [4.78, 5) is 0. The molecule has 0 aliphatic heterocycles. The molecule has 3 N–H and O–H groups in total. The maximum Gasteiger partial charge on any atom is 0.122 e. The van der Waals surface area contributed by atoms with Gasteiger partial charge in [-0.05, 0) is 25.0 Å². The van der Waals surface area contributed by atoms with E-state index in [0.717, 1.165) is 17.5 Å². The van der Waals surface area contributed by atoms with Gasteiger partial charge < -0.3 is 10.5 Å². The van der Waals surface area contributed by atoms with E-state index in [2.05, 4.69) is 13.8 Å². The number of nitrogens with two attached hydrogens (primary N) is 1. The minimum atomic E-state index is 0.106. The van der Waals surface area contributed by atoms with Crippen LogP contribution in [0.1, 0.15) is 57.1 Å². The molecular weight excluding hydrogens is 236 g/mol. The molecule has 0 radical (unpaired) electrons. The molecule has 19 heavy (non-hydrogen) atoms. The van der Waals surface area contributed by atoms with E-state index in [1.165, 1.54) is 25.7 Å². The Hall–Kier alpha value is -1.35. The Balaban J connectivity index is 2.31. The maximum absolute atomic E-state index is 7.42. The summed E-state index contributed by atoms with van der Waals surface area (Å²) >= 11 is 0. The third-order valence-electron chi connectivity index (χ3n) is 3.24. The van der Waals surface area contributed by atoms with E-state index in [1.807, 2.05) is 24.3 Å². The number of hydrogen-bond acceptors (Lipinski definition) is 2. The van der Waals surface area contributed by atoms with Crippen LogP contribution in [0.2, 0.25) is 0 Å². The monoisotopic (exact) mass is 262 g/mol. The van der Waals surface area contributed by atoms with Crippen molar-refractivity contribution in [1.82, 2.24) is 0 Å². The van der Waals surface area contributed by atoms with Crippen molar-refractivity contribution in [1.29, 1.82) is 5.41 Å². The zero-order valence-electron chi connectivity index (χ0n) is 12.1. The van der Waals surface area contributed by atoms with Gasteiger partial charge in [0, 0.05) is 5.56 Å². The number of nitrogen functional groups attached to an aromatic ring is 1. The first-order valence-electron chi connectivity index (χ1n) is 7.18. The molecule has 0 fully saturated rings. The van der Waals surface area contributed by atoms with E-state index in [1.54, 1.807) is 0 Å². The second-order valence-electron chi connectivity index (χ2n) is 5.09. The number of benzene rings is 1. The minimum absolute atomic E-state index is 0.106. The smallest absolute Gasteiger partial charge is 0.122 e. The predicted molar refractivity (Wildman–Crippen MR) is 80.5 cm³/mol. The molecule has 0 aliphatic rings. The summed E-state index contributed by atoms with van der Waals surface area (Å²) in [6.07, 6.45) is 6.53. The average Bonchev–Trinajstić information content (AvgIpc) is 2.41. The highest BCUT2D eigenvalue weighted by molar-refractivity contribution is 5.95. The fourth-order valence-corrected chi connectivity index (χ4v) is 2.01. The van der Waals surface area contributed by atoms with Crippen molar-refractivity contribution >= 4 is 5.84 Å². The van der Waals surface area contributed by atoms with Gasteiger partial charge in [0.05, 0.1) is 12.7 Å². The van der Waals surface area contributed by atoms with Gasteiger partial charge in [-0.25, -0.2) is 0 Å². The quantitative estimate of drug-likeness (QED) is 0.403. The molecule has 1 aromatic rings. The highest BCUT2D eigenvalue weighted by Crippen LogP contribution is 2.11. The van der Waals surface area contributed by atoms with Gasteiger partial charge in [0.25, 0.3) is 0 Å². The molecule has 0 heterocycles. The van der Waals surface area contributed by atoms with Crippen LogP contribution >= 0.6 is 0 Å². The lowest BCUT2D eigenvalue weighted by Gasteiger charge is -2.13. The van der Waals surface area contributed by atoms with Crippen molar-refractivity contribution in [2.45, 2.75) is 58.7 Å². The molecule has 3 heteroatoms. The summed E-state index contributed by atoms with van der Waals surface area (Å²) in [5.74, 6) is 0.106. The van der Waals surface area contributed by atoms with Crippen molar-refractivity contribution in [3.63, 3.8) is 0 Å². The third-order valence-corrected chi connectivity index (χ3v) is 3.24. The van der Waals surface area contributed by atoms with E-state index >= 15 is 0 Å². The van der Waals surface area contributed by atoms with Gasteiger partial charge in [-0.15, -0.1) is 0 Å². The number of ether oxygens (including phenoxy) is 1. The molecule has 1 rings (SSSR count). The fourth-order valence-electron chi connectivity index (χ4n) is 2.01. The molecule has 0 amide bonds. The van der Waals surface area contributed by atoms with Crippen LogP contribution in [0.5, 0.6) is 0 Å². The first-order valence-corrected chi connectivity index (χ1v) is 7.18. The molecule has 0 aromatic heterocycles. The van der Waals surface area contributed by atoms with E-state index < -0.39 is 0 Å². The van der Waals surface area contributed by atoms with Gasteiger partial charge in [0.1, 0.15) is 5.84 Å². The first-order chi connectivity index (χ1) is 9.13. The molecule has 0 aliphatic carbocycles. The molecular formula is C16H26N2O. The summed E-state index contributed by atoms with van der Waals surface area (Å²) in [7, 11) is 0. The lowest BCUT2D eigenvalue weighted by molar-refractivity contribution is 0.0459. The van der Waals surface area contributed by atoms with Crippen LogP contribution in [0.15, 0.2) is 24.3 Å². The van der Waals surface area contributed by atoms with Crippen LogP contribution in [0, 0.1) is 5.41 Å². The first kappa shape index (κ1) is 15.7. The predicted octanol–water partition coefficient (Wildman–Crippen LogP) is 3.85. The van der Waals surface area contributed by atoms with E-state index in [-0.39, 0.29) is 11.9 Å². The van der Waals surface area contributed by atoms with Gasteiger partial charge in [0.15, 0.2) is 0 Å². The Bertz CT molecular complexity index is 390. The second kappa shape index (κ2) is 8.70. The van der Waals surface area contributed by atoms with Crippen LogP contribution in [-0.2, 0) is 11.3 Å². The van der Waals surface area contributed by atoms with Crippen molar-refractivity contribution in [3.05, 3.63) is 35.4 Å². The molecule has 3 nitrogen and oxygen atoms in total. The van der Waals surface area contributed by atoms with Gasteiger partial charge in [0.2, 0.25) is 0 Å². The van der Waals surface area contributed by atoms with Gasteiger partial charge in [-0.3, -0.25) is 5.41 Å². The zero-order valence-corrected chi connectivity index (χ0v) is 12.1. The Morgan fingerprint density at radius 3 is 2.79 bits per heavy atom. The largest absolute Gasteiger partial charge is 0.384 e. The molecule has 1 atom stereocenters. The van der Waals surface area contributed by atoms with Crippen molar-refractivity contribution in [3.8, 4) is 0 Å². The van der Waals surface area contributed by atoms with Crippen LogP contribution < -0.4 is 5.73 Å². The van der Waals surface area contributed by atoms with Crippen molar-refractivity contribution in [2.24, 2.45) is 5.73 Å². The van der Waals surface area contributed by atoms with Crippen LogP contribution in [0.4, 0.5) is 0 Å². The lowest BCUT2D eigenvalue weighted by atomic mass is 10.1.